The number of aliphatic imine (C=N–C) groups is 1. The number of phenols is 1. The monoisotopic (exact) mass is 307 g/mol. The second-order valence-electron chi connectivity index (χ2n) is 5.93. The summed E-state index contributed by atoms with van der Waals surface area (Å²) in [6, 6.07) is 4.39. The fourth-order valence-electron chi connectivity index (χ4n) is 2.96. The van der Waals surface area contributed by atoms with Gasteiger partial charge in [0.15, 0.2) is 17.5 Å². The van der Waals surface area contributed by atoms with Crippen molar-refractivity contribution in [3.05, 3.63) is 29.6 Å². The Balaban J connectivity index is 1.67. The fraction of sp³-hybridized carbons (Fsp3) is 0.588. The van der Waals surface area contributed by atoms with Gasteiger partial charge >= 0.3 is 0 Å². The molecule has 0 saturated heterocycles. The van der Waals surface area contributed by atoms with Crippen LogP contribution in [0.25, 0.3) is 0 Å². The molecule has 1 aliphatic carbocycles. The van der Waals surface area contributed by atoms with Crippen molar-refractivity contribution < 1.29 is 9.50 Å². The third kappa shape index (κ3) is 5.20. The second kappa shape index (κ2) is 8.61. The molecule has 4 nitrogen and oxygen atoms in total. The van der Waals surface area contributed by atoms with Gasteiger partial charge < -0.3 is 15.7 Å². The minimum Gasteiger partial charge on any atom is -0.505 e. The number of phenolic OH excluding ortho intramolecular Hbond substituents is 1. The van der Waals surface area contributed by atoms with E-state index in [9.17, 15) is 4.39 Å². The first kappa shape index (κ1) is 16.6. The fourth-order valence-corrected chi connectivity index (χ4v) is 2.96. The zero-order chi connectivity index (χ0) is 15.8. The minimum absolute atomic E-state index is 0.321. The highest BCUT2D eigenvalue weighted by molar-refractivity contribution is 5.79. The van der Waals surface area contributed by atoms with E-state index < -0.39 is 5.82 Å². The maximum atomic E-state index is 13.3. The smallest absolute Gasteiger partial charge is 0.191 e. The number of nitrogens with one attached hydrogen (secondary N) is 2. The van der Waals surface area contributed by atoms with Crippen molar-refractivity contribution in [2.24, 2.45) is 10.9 Å². The summed E-state index contributed by atoms with van der Waals surface area (Å²) in [7, 11) is 1.73. The van der Waals surface area contributed by atoms with Gasteiger partial charge in [0.1, 0.15) is 0 Å². The van der Waals surface area contributed by atoms with Gasteiger partial charge in [-0.3, -0.25) is 4.99 Å². The van der Waals surface area contributed by atoms with Crippen LogP contribution in [0.5, 0.6) is 5.75 Å². The van der Waals surface area contributed by atoms with Gasteiger partial charge in [0, 0.05) is 20.1 Å². The van der Waals surface area contributed by atoms with Crippen molar-refractivity contribution in [3.8, 4) is 5.75 Å². The summed E-state index contributed by atoms with van der Waals surface area (Å²) in [5.74, 6) is 0.716. The maximum absolute atomic E-state index is 13.3. The molecule has 0 heterocycles. The third-order valence-corrected chi connectivity index (χ3v) is 4.25. The summed E-state index contributed by atoms with van der Waals surface area (Å²) < 4.78 is 13.3. The molecule has 1 aromatic rings. The first-order valence-electron chi connectivity index (χ1n) is 8.11. The lowest BCUT2D eigenvalue weighted by molar-refractivity contribution is 0.431. The molecule has 0 aromatic heterocycles. The molecule has 1 aliphatic rings. The first-order valence-corrected chi connectivity index (χ1v) is 8.11. The van der Waals surface area contributed by atoms with Gasteiger partial charge in [0.25, 0.3) is 0 Å². The summed E-state index contributed by atoms with van der Waals surface area (Å²) >= 11 is 0. The second-order valence-corrected chi connectivity index (χ2v) is 5.93. The van der Waals surface area contributed by atoms with Crippen LogP contribution in [0.1, 0.15) is 44.1 Å². The van der Waals surface area contributed by atoms with E-state index in [1.807, 2.05) is 0 Å². The summed E-state index contributed by atoms with van der Waals surface area (Å²) in [5.41, 5.74) is 0.768. The van der Waals surface area contributed by atoms with Crippen LogP contribution in [0.3, 0.4) is 0 Å². The van der Waals surface area contributed by atoms with Crippen LogP contribution in [0, 0.1) is 11.7 Å². The van der Waals surface area contributed by atoms with Gasteiger partial charge in [0.2, 0.25) is 0 Å². The van der Waals surface area contributed by atoms with Crippen LogP contribution in [-0.2, 0) is 6.54 Å². The van der Waals surface area contributed by atoms with E-state index in [1.165, 1.54) is 44.2 Å². The Kier molecular flexibility index (Phi) is 6.49. The largest absolute Gasteiger partial charge is 0.505 e. The molecule has 0 aliphatic heterocycles. The molecule has 122 valence electrons. The normalized spacial score (nSPS) is 16.0. The summed E-state index contributed by atoms with van der Waals surface area (Å²) in [6.07, 6.45) is 8.00. The van der Waals surface area contributed by atoms with Gasteiger partial charge in [-0.2, -0.15) is 0 Å². The number of halogens is 1. The lowest BCUT2D eigenvalue weighted by Crippen LogP contribution is -2.37. The van der Waals surface area contributed by atoms with E-state index in [1.54, 1.807) is 13.1 Å². The highest BCUT2D eigenvalue weighted by Crippen LogP contribution is 2.28. The van der Waals surface area contributed by atoms with Gasteiger partial charge in [-0.05, 0) is 36.5 Å². The van der Waals surface area contributed by atoms with E-state index in [0.717, 1.165) is 30.4 Å². The molecule has 2 rings (SSSR count). The zero-order valence-corrected chi connectivity index (χ0v) is 13.2. The molecule has 22 heavy (non-hydrogen) atoms. The Morgan fingerprint density at radius 1 is 1.32 bits per heavy atom. The minimum atomic E-state index is -0.598. The highest BCUT2D eigenvalue weighted by atomic mass is 19.1. The molecule has 1 aromatic carbocycles. The average molecular weight is 307 g/mol. The van der Waals surface area contributed by atoms with Crippen LogP contribution in [-0.4, -0.2) is 24.7 Å². The van der Waals surface area contributed by atoms with E-state index in [0.29, 0.717) is 6.54 Å². The lowest BCUT2D eigenvalue weighted by atomic mass is 10.0. The van der Waals surface area contributed by atoms with Crippen molar-refractivity contribution in [2.45, 2.75) is 45.1 Å². The molecule has 0 bridgehead atoms. The van der Waals surface area contributed by atoms with Crippen LogP contribution in [0.2, 0.25) is 0 Å². The van der Waals surface area contributed by atoms with Crippen LogP contribution >= 0.6 is 0 Å². The number of aromatic hydroxyl groups is 1. The Morgan fingerprint density at radius 2 is 2.09 bits per heavy atom. The maximum Gasteiger partial charge on any atom is 0.191 e. The Bertz CT molecular complexity index is 499. The number of rotatable bonds is 6. The number of nitrogens with zero attached hydrogens (tertiary/aromatic N) is 1. The predicted molar refractivity (Wildman–Crippen MR) is 87.5 cm³/mol. The zero-order valence-electron chi connectivity index (χ0n) is 13.2. The van der Waals surface area contributed by atoms with E-state index in [2.05, 4.69) is 15.6 Å². The molecule has 0 atom stereocenters. The number of benzene rings is 1. The van der Waals surface area contributed by atoms with Crippen molar-refractivity contribution in [1.29, 1.82) is 0 Å². The molecular formula is C17H26FN3O. The van der Waals surface area contributed by atoms with E-state index in [-0.39, 0.29) is 5.75 Å². The number of hydrogen-bond donors (Lipinski definition) is 3. The average Bonchev–Trinajstić information content (AvgIpc) is 3.03. The van der Waals surface area contributed by atoms with Gasteiger partial charge in [0.05, 0.1) is 0 Å². The summed E-state index contributed by atoms with van der Waals surface area (Å²) in [4.78, 5) is 4.16. The quantitative estimate of drug-likeness (QED) is 0.430. The topological polar surface area (TPSA) is 56.7 Å². The van der Waals surface area contributed by atoms with Gasteiger partial charge in [-0.1, -0.05) is 31.7 Å². The van der Waals surface area contributed by atoms with Crippen LogP contribution in [0.15, 0.2) is 23.2 Å². The number of guanidine groups is 1. The molecule has 1 saturated carbocycles. The molecule has 5 heteroatoms. The summed E-state index contributed by atoms with van der Waals surface area (Å²) in [6.45, 7) is 1.37. The SMILES string of the molecule is CN=C(NCCCC1CCCC1)NCc1ccc(O)c(F)c1. The molecule has 0 unspecified atom stereocenters. The van der Waals surface area contributed by atoms with Crippen molar-refractivity contribution >= 4 is 5.96 Å². The van der Waals surface area contributed by atoms with Crippen molar-refractivity contribution in [2.75, 3.05) is 13.6 Å². The molecule has 1 fully saturated rings. The van der Waals surface area contributed by atoms with Gasteiger partial charge in [-0.15, -0.1) is 0 Å². The highest BCUT2D eigenvalue weighted by Gasteiger charge is 2.14. The predicted octanol–water partition coefficient (Wildman–Crippen LogP) is 3.17. The van der Waals surface area contributed by atoms with Crippen molar-refractivity contribution in [1.82, 2.24) is 10.6 Å². The summed E-state index contributed by atoms with van der Waals surface area (Å²) in [5, 5.41) is 15.6. The lowest BCUT2D eigenvalue weighted by Gasteiger charge is -2.13. The van der Waals surface area contributed by atoms with Crippen molar-refractivity contribution in [3.63, 3.8) is 0 Å². The molecule has 0 spiro atoms. The Morgan fingerprint density at radius 3 is 2.77 bits per heavy atom. The van der Waals surface area contributed by atoms with Crippen LogP contribution in [0.4, 0.5) is 4.39 Å². The Hall–Kier alpha value is -1.78. The molecule has 0 amide bonds. The molecule has 0 radical (unpaired) electrons. The van der Waals surface area contributed by atoms with E-state index >= 15 is 0 Å². The molecule has 3 N–H and O–H groups in total. The standard InChI is InChI=1S/C17H26FN3O/c1-19-17(20-10-4-7-13-5-2-3-6-13)21-12-14-8-9-16(22)15(18)11-14/h8-9,11,13,22H,2-7,10,12H2,1H3,(H2,19,20,21). The van der Waals surface area contributed by atoms with Crippen LogP contribution < -0.4 is 10.6 Å². The molecular weight excluding hydrogens is 281 g/mol. The first-order chi connectivity index (χ1) is 10.7. The third-order valence-electron chi connectivity index (χ3n) is 4.25. The van der Waals surface area contributed by atoms with E-state index in [4.69, 9.17) is 5.11 Å². The Labute approximate surface area is 131 Å². The number of hydrogen-bond acceptors (Lipinski definition) is 2. The van der Waals surface area contributed by atoms with Gasteiger partial charge in [-0.25, -0.2) is 4.39 Å².